The summed E-state index contributed by atoms with van der Waals surface area (Å²) in [5, 5.41) is 5.07. The third-order valence-electron chi connectivity index (χ3n) is 7.26. The van der Waals surface area contributed by atoms with E-state index in [9.17, 15) is 0 Å². The van der Waals surface area contributed by atoms with Crippen molar-refractivity contribution in [3.8, 4) is 27.9 Å². The lowest BCUT2D eigenvalue weighted by Crippen LogP contribution is -1.95. The van der Waals surface area contributed by atoms with Crippen molar-refractivity contribution in [1.82, 2.24) is 4.57 Å². The SMILES string of the molecule is Cc1ccc(-c2cccc(-c3ccc4c(c3)c3ccccc3n4-c3cccc4ccccc34)c2)cc1. The molecule has 0 atom stereocenters. The van der Waals surface area contributed by atoms with Gasteiger partial charge in [-0.15, -0.1) is 0 Å². The minimum atomic E-state index is 1.22. The Morgan fingerprint density at radius 2 is 1.03 bits per heavy atom. The first-order chi connectivity index (χ1) is 17.8. The molecule has 1 heterocycles. The van der Waals surface area contributed by atoms with Gasteiger partial charge in [0.2, 0.25) is 0 Å². The Morgan fingerprint density at radius 3 is 1.89 bits per heavy atom. The Balaban J connectivity index is 1.44. The van der Waals surface area contributed by atoms with Crippen LogP contribution in [0, 0.1) is 6.92 Å². The number of benzene rings is 6. The van der Waals surface area contributed by atoms with Gasteiger partial charge in [-0.25, -0.2) is 0 Å². The zero-order valence-electron chi connectivity index (χ0n) is 20.1. The summed E-state index contributed by atoms with van der Waals surface area (Å²) in [6.45, 7) is 2.13. The summed E-state index contributed by atoms with van der Waals surface area (Å²) in [7, 11) is 0. The molecule has 1 nitrogen and oxygen atoms in total. The number of hydrogen-bond donors (Lipinski definition) is 0. The molecular formula is C35H25N. The first-order valence-corrected chi connectivity index (χ1v) is 12.5. The van der Waals surface area contributed by atoms with E-state index in [4.69, 9.17) is 0 Å². The van der Waals surface area contributed by atoms with Crippen LogP contribution >= 0.6 is 0 Å². The van der Waals surface area contributed by atoms with Crippen molar-refractivity contribution in [2.45, 2.75) is 6.92 Å². The van der Waals surface area contributed by atoms with Gasteiger partial charge in [0.1, 0.15) is 0 Å². The van der Waals surface area contributed by atoms with Gasteiger partial charge < -0.3 is 4.57 Å². The molecule has 0 aliphatic carbocycles. The van der Waals surface area contributed by atoms with Crippen LogP contribution in [0.2, 0.25) is 0 Å². The van der Waals surface area contributed by atoms with E-state index in [1.165, 1.54) is 66.1 Å². The Kier molecular flexibility index (Phi) is 4.75. The molecule has 0 bridgehead atoms. The molecule has 0 amide bonds. The van der Waals surface area contributed by atoms with Crippen LogP contribution < -0.4 is 0 Å². The van der Waals surface area contributed by atoms with Gasteiger partial charge in [-0.2, -0.15) is 0 Å². The molecule has 0 unspecified atom stereocenters. The van der Waals surface area contributed by atoms with Crippen molar-refractivity contribution in [3.63, 3.8) is 0 Å². The predicted octanol–water partition coefficient (Wildman–Crippen LogP) is 9.58. The van der Waals surface area contributed by atoms with Crippen molar-refractivity contribution in [2.75, 3.05) is 0 Å². The maximum absolute atomic E-state index is 2.42. The number of aryl methyl sites for hydroxylation is 1. The molecule has 0 N–H and O–H groups in total. The Bertz CT molecular complexity index is 1880. The van der Waals surface area contributed by atoms with Gasteiger partial charge in [0.25, 0.3) is 0 Å². The highest BCUT2D eigenvalue weighted by atomic mass is 15.0. The largest absolute Gasteiger partial charge is 0.309 e. The number of hydrogen-bond acceptors (Lipinski definition) is 0. The monoisotopic (exact) mass is 459 g/mol. The molecule has 170 valence electrons. The molecule has 6 aromatic carbocycles. The third-order valence-corrected chi connectivity index (χ3v) is 7.26. The summed E-state index contributed by atoms with van der Waals surface area (Å²) < 4.78 is 2.42. The number of fused-ring (bicyclic) bond motifs is 4. The highest BCUT2D eigenvalue weighted by Gasteiger charge is 2.15. The minimum absolute atomic E-state index is 1.22. The average Bonchev–Trinajstić information content (AvgIpc) is 3.27. The minimum Gasteiger partial charge on any atom is -0.309 e. The van der Waals surface area contributed by atoms with Gasteiger partial charge in [-0.3, -0.25) is 0 Å². The molecule has 0 saturated carbocycles. The summed E-state index contributed by atoms with van der Waals surface area (Å²) in [6, 6.07) is 48.5. The summed E-state index contributed by atoms with van der Waals surface area (Å²) >= 11 is 0. The quantitative estimate of drug-likeness (QED) is 0.248. The second kappa shape index (κ2) is 8.25. The molecule has 0 fully saturated rings. The lowest BCUT2D eigenvalue weighted by Gasteiger charge is -2.12. The maximum atomic E-state index is 2.42. The maximum Gasteiger partial charge on any atom is 0.0541 e. The molecule has 0 radical (unpaired) electrons. The fraction of sp³-hybridized carbons (Fsp3) is 0.0286. The number of nitrogens with zero attached hydrogens (tertiary/aromatic N) is 1. The van der Waals surface area contributed by atoms with E-state index < -0.39 is 0 Å². The summed E-state index contributed by atoms with van der Waals surface area (Å²) in [6.07, 6.45) is 0. The molecule has 0 aliphatic rings. The molecule has 7 aromatic rings. The average molecular weight is 460 g/mol. The van der Waals surface area contributed by atoms with E-state index >= 15 is 0 Å². The molecule has 0 aliphatic heterocycles. The van der Waals surface area contributed by atoms with Gasteiger partial charge in [-0.05, 0) is 64.9 Å². The van der Waals surface area contributed by atoms with Crippen LogP contribution in [0.5, 0.6) is 0 Å². The lowest BCUT2D eigenvalue weighted by atomic mass is 9.97. The second-order valence-corrected chi connectivity index (χ2v) is 9.53. The first kappa shape index (κ1) is 20.7. The van der Waals surface area contributed by atoms with E-state index in [1.54, 1.807) is 0 Å². The van der Waals surface area contributed by atoms with Crippen molar-refractivity contribution >= 4 is 32.6 Å². The zero-order chi connectivity index (χ0) is 24.1. The molecule has 1 aromatic heterocycles. The fourth-order valence-corrected chi connectivity index (χ4v) is 5.44. The van der Waals surface area contributed by atoms with Gasteiger partial charge in [-0.1, -0.05) is 109 Å². The van der Waals surface area contributed by atoms with Crippen LogP contribution in [0.3, 0.4) is 0 Å². The molecule has 1 heteroatoms. The first-order valence-electron chi connectivity index (χ1n) is 12.5. The van der Waals surface area contributed by atoms with Crippen LogP contribution in [-0.4, -0.2) is 4.57 Å². The fourth-order valence-electron chi connectivity index (χ4n) is 5.44. The van der Waals surface area contributed by atoms with Crippen molar-refractivity contribution in [3.05, 3.63) is 139 Å². The molecule has 0 saturated heterocycles. The molecule has 36 heavy (non-hydrogen) atoms. The van der Waals surface area contributed by atoms with Crippen LogP contribution in [0.25, 0.3) is 60.5 Å². The molecular weight excluding hydrogens is 434 g/mol. The summed E-state index contributed by atoms with van der Waals surface area (Å²) in [5.74, 6) is 0. The van der Waals surface area contributed by atoms with Gasteiger partial charge in [0.15, 0.2) is 0 Å². The Morgan fingerprint density at radius 1 is 0.417 bits per heavy atom. The Hall–Kier alpha value is -4.62. The summed E-state index contributed by atoms with van der Waals surface area (Å²) in [4.78, 5) is 0. The van der Waals surface area contributed by atoms with Crippen molar-refractivity contribution < 1.29 is 0 Å². The predicted molar refractivity (Wildman–Crippen MR) is 154 cm³/mol. The topological polar surface area (TPSA) is 4.93 Å². The van der Waals surface area contributed by atoms with E-state index in [2.05, 4.69) is 145 Å². The lowest BCUT2D eigenvalue weighted by molar-refractivity contribution is 1.20. The van der Waals surface area contributed by atoms with E-state index in [0.717, 1.165) is 0 Å². The van der Waals surface area contributed by atoms with Gasteiger partial charge >= 0.3 is 0 Å². The van der Waals surface area contributed by atoms with E-state index in [-0.39, 0.29) is 0 Å². The Labute approximate surface area is 210 Å². The van der Waals surface area contributed by atoms with Gasteiger partial charge in [0, 0.05) is 16.2 Å². The second-order valence-electron chi connectivity index (χ2n) is 9.53. The standard InChI is InChI=1S/C35H25N/c1-24-16-18-25(19-17-24)27-10-6-11-28(22-27)29-20-21-35-32(23-29)31-13-4-5-14-34(31)36(35)33-15-7-9-26-8-2-3-12-30(26)33/h2-23H,1H3. The van der Waals surface area contributed by atoms with Crippen LogP contribution in [0.1, 0.15) is 5.56 Å². The number of aromatic nitrogens is 1. The molecule has 7 rings (SSSR count). The third kappa shape index (κ3) is 3.32. The van der Waals surface area contributed by atoms with E-state index in [1.807, 2.05) is 0 Å². The zero-order valence-corrected chi connectivity index (χ0v) is 20.1. The van der Waals surface area contributed by atoms with E-state index in [0.29, 0.717) is 0 Å². The number of para-hydroxylation sites is 1. The van der Waals surface area contributed by atoms with Crippen LogP contribution in [0.4, 0.5) is 0 Å². The van der Waals surface area contributed by atoms with Crippen molar-refractivity contribution in [2.24, 2.45) is 0 Å². The number of rotatable bonds is 3. The van der Waals surface area contributed by atoms with Crippen LogP contribution in [-0.2, 0) is 0 Å². The normalized spacial score (nSPS) is 11.5. The smallest absolute Gasteiger partial charge is 0.0541 e. The molecule has 0 spiro atoms. The van der Waals surface area contributed by atoms with Crippen LogP contribution in [0.15, 0.2) is 133 Å². The van der Waals surface area contributed by atoms with Gasteiger partial charge in [0.05, 0.1) is 16.7 Å². The highest BCUT2D eigenvalue weighted by Crippen LogP contribution is 2.37. The highest BCUT2D eigenvalue weighted by molar-refractivity contribution is 6.11. The van der Waals surface area contributed by atoms with Crippen molar-refractivity contribution in [1.29, 1.82) is 0 Å². The summed E-state index contributed by atoms with van der Waals surface area (Å²) in [5.41, 5.74) is 9.91.